The van der Waals surface area contributed by atoms with Crippen molar-refractivity contribution < 1.29 is 9.47 Å². The van der Waals surface area contributed by atoms with Gasteiger partial charge in [0.15, 0.2) is 0 Å². The molecule has 1 heterocycles. The van der Waals surface area contributed by atoms with Crippen LogP contribution in [0.4, 0.5) is 0 Å². The maximum Gasteiger partial charge on any atom is 0.134 e. The summed E-state index contributed by atoms with van der Waals surface area (Å²) in [6, 6.07) is 0.732. The zero-order valence-electron chi connectivity index (χ0n) is 9.78. The maximum atomic E-state index is 5.79. The Labute approximate surface area is 92.7 Å². The van der Waals surface area contributed by atoms with Crippen molar-refractivity contribution in [3.8, 4) is 0 Å². The molecule has 1 aliphatic heterocycles. The minimum atomic E-state index is 0.215. The highest BCUT2D eigenvalue weighted by atomic mass is 16.6. The summed E-state index contributed by atoms with van der Waals surface area (Å²) in [5, 5.41) is 0. The van der Waals surface area contributed by atoms with Gasteiger partial charge in [-0.3, -0.25) is 4.90 Å². The zero-order chi connectivity index (χ0) is 10.5. The van der Waals surface area contributed by atoms with E-state index < -0.39 is 0 Å². The molecule has 0 aromatic rings. The van der Waals surface area contributed by atoms with E-state index in [9.17, 15) is 0 Å². The maximum absolute atomic E-state index is 5.79. The van der Waals surface area contributed by atoms with E-state index >= 15 is 0 Å². The van der Waals surface area contributed by atoms with E-state index in [0.29, 0.717) is 0 Å². The molecule has 0 amide bonds. The Kier molecular flexibility index (Phi) is 4.42. The topological polar surface area (TPSA) is 21.7 Å². The van der Waals surface area contributed by atoms with Crippen molar-refractivity contribution in [2.24, 2.45) is 0 Å². The summed E-state index contributed by atoms with van der Waals surface area (Å²) in [4.78, 5) is 2.50. The van der Waals surface area contributed by atoms with Crippen LogP contribution >= 0.6 is 0 Å². The molecule has 3 heteroatoms. The minimum absolute atomic E-state index is 0.215. The number of nitrogens with zero attached hydrogens (tertiary/aromatic N) is 1. The van der Waals surface area contributed by atoms with Gasteiger partial charge in [0.05, 0.1) is 19.8 Å². The molecule has 1 saturated heterocycles. The third kappa shape index (κ3) is 2.92. The molecule has 0 aromatic heterocycles. The highest BCUT2D eigenvalue weighted by molar-refractivity contribution is 4.78. The molecule has 2 rings (SSSR count). The first-order valence-corrected chi connectivity index (χ1v) is 6.37. The third-order valence-corrected chi connectivity index (χ3v) is 3.58. The van der Waals surface area contributed by atoms with Crippen molar-refractivity contribution in [2.45, 2.75) is 51.3 Å². The van der Waals surface area contributed by atoms with Crippen LogP contribution in [0, 0.1) is 0 Å². The van der Waals surface area contributed by atoms with Gasteiger partial charge in [0.25, 0.3) is 0 Å². The van der Waals surface area contributed by atoms with E-state index in [1.54, 1.807) is 0 Å². The summed E-state index contributed by atoms with van der Waals surface area (Å²) < 4.78 is 11.3. The largest absolute Gasteiger partial charge is 0.375 e. The average Bonchev–Trinajstić information content (AvgIpc) is 2.33. The molecule has 0 N–H and O–H groups in total. The lowest BCUT2D eigenvalue weighted by atomic mass is 9.94. The molecule has 1 saturated carbocycles. The van der Waals surface area contributed by atoms with Gasteiger partial charge in [-0.1, -0.05) is 26.2 Å². The van der Waals surface area contributed by atoms with Crippen LogP contribution in [0.3, 0.4) is 0 Å². The van der Waals surface area contributed by atoms with E-state index in [0.717, 1.165) is 32.4 Å². The first kappa shape index (κ1) is 11.4. The Morgan fingerprint density at radius 1 is 1.13 bits per heavy atom. The molecular formula is C12H23NO2. The van der Waals surface area contributed by atoms with Gasteiger partial charge in [0, 0.05) is 6.04 Å². The lowest BCUT2D eigenvalue weighted by Gasteiger charge is -2.40. The molecule has 88 valence electrons. The van der Waals surface area contributed by atoms with Crippen molar-refractivity contribution in [3.63, 3.8) is 0 Å². The van der Waals surface area contributed by atoms with Crippen LogP contribution in [0.5, 0.6) is 0 Å². The second-order valence-electron chi connectivity index (χ2n) is 4.52. The van der Waals surface area contributed by atoms with Crippen LogP contribution in [-0.2, 0) is 9.47 Å². The number of likely N-dealkylation sites (N-methyl/N-ethyl adjacent to an activating group) is 1. The first-order chi connectivity index (χ1) is 7.42. The van der Waals surface area contributed by atoms with E-state index in [4.69, 9.17) is 9.47 Å². The molecule has 0 bridgehead atoms. The van der Waals surface area contributed by atoms with Crippen LogP contribution in [0.2, 0.25) is 0 Å². The molecule has 1 aliphatic carbocycles. The molecule has 15 heavy (non-hydrogen) atoms. The summed E-state index contributed by atoms with van der Waals surface area (Å²) in [5.41, 5.74) is 0. The van der Waals surface area contributed by atoms with Crippen LogP contribution in [0.25, 0.3) is 0 Å². The molecule has 2 aliphatic rings. The summed E-state index contributed by atoms with van der Waals surface area (Å²) in [6.07, 6.45) is 7.08. The Bertz CT molecular complexity index is 156. The van der Waals surface area contributed by atoms with Gasteiger partial charge in [-0.25, -0.2) is 0 Å². The Balaban J connectivity index is 1.88. The Morgan fingerprint density at radius 3 is 2.53 bits per heavy atom. The predicted molar refractivity (Wildman–Crippen MR) is 59.8 cm³/mol. The molecule has 0 radical (unpaired) electrons. The van der Waals surface area contributed by atoms with Crippen molar-refractivity contribution in [1.82, 2.24) is 4.90 Å². The second-order valence-corrected chi connectivity index (χ2v) is 4.52. The number of hydrogen-bond donors (Lipinski definition) is 0. The summed E-state index contributed by atoms with van der Waals surface area (Å²) in [5.74, 6) is 0. The lowest BCUT2D eigenvalue weighted by molar-refractivity contribution is -0.166. The van der Waals surface area contributed by atoms with Crippen LogP contribution in [0.15, 0.2) is 0 Å². The standard InChI is InChI=1S/C12H23NO2/c1-2-13(11-6-4-3-5-7-11)12-10-14-8-9-15-12/h11-12H,2-10H2,1H3. The lowest BCUT2D eigenvalue weighted by Crippen LogP contribution is -2.49. The normalized spacial score (nSPS) is 29.6. The van der Waals surface area contributed by atoms with Crippen molar-refractivity contribution in [2.75, 3.05) is 26.4 Å². The molecule has 1 atom stereocenters. The molecule has 2 fully saturated rings. The van der Waals surface area contributed by atoms with Crippen LogP contribution in [-0.4, -0.2) is 43.5 Å². The van der Waals surface area contributed by atoms with Crippen LogP contribution < -0.4 is 0 Å². The summed E-state index contributed by atoms with van der Waals surface area (Å²) >= 11 is 0. The number of hydrogen-bond acceptors (Lipinski definition) is 3. The summed E-state index contributed by atoms with van der Waals surface area (Å²) in [7, 11) is 0. The first-order valence-electron chi connectivity index (χ1n) is 6.37. The fourth-order valence-corrected chi connectivity index (χ4v) is 2.78. The minimum Gasteiger partial charge on any atom is -0.375 e. The van der Waals surface area contributed by atoms with Crippen molar-refractivity contribution in [3.05, 3.63) is 0 Å². The molecule has 0 spiro atoms. The van der Waals surface area contributed by atoms with Gasteiger partial charge >= 0.3 is 0 Å². The highest BCUT2D eigenvalue weighted by Crippen LogP contribution is 2.24. The quantitative estimate of drug-likeness (QED) is 0.716. The van der Waals surface area contributed by atoms with Crippen molar-refractivity contribution in [1.29, 1.82) is 0 Å². The molecular weight excluding hydrogens is 190 g/mol. The SMILES string of the molecule is CCN(C1CCCCC1)C1COCCO1. The highest BCUT2D eigenvalue weighted by Gasteiger charge is 2.28. The Hall–Kier alpha value is -0.120. The van der Waals surface area contributed by atoms with Gasteiger partial charge < -0.3 is 9.47 Å². The van der Waals surface area contributed by atoms with E-state index in [-0.39, 0.29) is 6.23 Å². The smallest absolute Gasteiger partial charge is 0.134 e. The monoisotopic (exact) mass is 213 g/mol. The third-order valence-electron chi connectivity index (χ3n) is 3.58. The van der Waals surface area contributed by atoms with Crippen LogP contribution in [0.1, 0.15) is 39.0 Å². The number of rotatable bonds is 3. The molecule has 0 aromatic carbocycles. The van der Waals surface area contributed by atoms with E-state index in [1.807, 2.05) is 0 Å². The van der Waals surface area contributed by atoms with Gasteiger partial charge in [-0.2, -0.15) is 0 Å². The molecule has 1 unspecified atom stereocenters. The fraction of sp³-hybridized carbons (Fsp3) is 1.00. The summed E-state index contributed by atoms with van der Waals surface area (Å²) in [6.45, 7) is 5.59. The van der Waals surface area contributed by atoms with Gasteiger partial charge in [-0.05, 0) is 19.4 Å². The van der Waals surface area contributed by atoms with E-state index in [2.05, 4.69) is 11.8 Å². The number of ether oxygens (including phenoxy) is 2. The second kappa shape index (κ2) is 5.83. The fourth-order valence-electron chi connectivity index (χ4n) is 2.78. The molecule has 3 nitrogen and oxygen atoms in total. The van der Waals surface area contributed by atoms with Gasteiger partial charge in [0.2, 0.25) is 0 Å². The predicted octanol–water partition coefficient (Wildman–Crippen LogP) is 2.01. The average molecular weight is 213 g/mol. The van der Waals surface area contributed by atoms with Gasteiger partial charge in [-0.15, -0.1) is 0 Å². The van der Waals surface area contributed by atoms with Gasteiger partial charge in [0.1, 0.15) is 6.23 Å². The Morgan fingerprint density at radius 2 is 1.93 bits per heavy atom. The zero-order valence-corrected chi connectivity index (χ0v) is 9.78. The van der Waals surface area contributed by atoms with Crippen molar-refractivity contribution >= 4 is 0 Å². The van der Waals surface area contributed by atoms with E-state index in [1.165, 1.54) is 32.1 Å².